The molecule has 0 radical (unpaired) electrons. The maximum Gasteiger partial charge on any atom is 0.229 e. The highest BCUT2D eigenvalue weighted by Crippen LogP contribution is 2.42. The fourth-order valence-electron chi connectivity index (χ4n) is 5.09. The molecule has 234 valence electrons. The molecule has 0 spiro atoms. The van der Waals surface area contributed by atoms with Crippen molar-refractivity contribution < 1.29 is 13.7 Å². The van der Waals surface area contributed by atoms with Gasteiger partial charge in [0.05, 0.1) is 29.2 Å². The van der Waals surface area contributed by atoms with Crippen molar-refractivity contribution in [3.05, 3.63) is 89.0 Å². The van der Waals surface area contributed by atoms with Crippen LogP contribution in [0.15, 0.2) is 77.7 Å². The SMILES string of the molecule is CCn1cc(-c2cc(Nc3ncc(Br)c(Nc4ccc(-c5ccccc5F)cc4P(C)(C)=O)n3)c(OC)cc2C(C)(C)C)cn1. The quantitative estimate of drug-likeness (QED) is 0.149. The maximum absolute atomic E-state index is 14.6. The van der Waals surface area contributed by atoms with Crippen LogP contribution in [0.25, 0.3) is 22.3 Å². The molecule has 5 rings (SSSR count). The van der Waals surface area contributed by atoms with E-state index in [1.165, 1.54) is 6.07 Å². The molecule has 0 aliphatic rings. The van der Waals surface area contributed by atoms with Crippen LogP contribution in [0.5, 0.6) is 5.75 Å². The summed E-state index contributed by atoms with van der Waals surface area (Å²) in [4.78, 5) is 9.24. The first-order valence-corrected chi connectivity index (χ1v) is 17.9. The summed E-state index contributed by atoms with van der Waals surface area (Å²) in [5, 5.41) is 11.7. The van der Waals surface area contributed by atoms with Gasteiger partial charge in [0.25, 0.3) is 0 Å². The van der Waals surface area contributed by atoms with Crippen LogP contribution in [0.3, 0.4) is 0 Å². The highest BCUT2D eigenvalue weighted by atomic mass is 79.9. The Morgan fingerprint density at radius 3 is 2.38 bits per heavy atom. The highest BCUT2D eigenvalue weighted by molar-refractivity contribution is 9.10. The highest BCUT2D eigenvalue weighted by Gasteiger charge is 2.24. The van der Waals surface area contributed by atoms with Crippen LogP contribution in [-0.2, 0) is 16.5 Å². The summed E-state index contributed by atoms with van der Waals surface area (Å²) < 4.78 is 36.3. The Morgan fingerprint density at radius 1 is 0.978 bits per heavy atom. The lowest BCUT2D eigenvalue weighted by atomic mass is 9.82. The largest absolute Gasteiger partial charge is 0.495 e. The number of methoxy groups -OCH3 is 1. The van der Waals surface area contributed by atoms with E-state index < -0.39 is 7.14 Å². The van der Waals surface area contributed by atoms with Gasteiger partial charge >= 0.3 is 0 Å². The maximum atomic E-state index is 14.6. The molecule has 0 amide bonds. The number of rotatable bonds is 9. The van der Waals surface area contributed by atoms with E-state index in [-0.39, 0.29) is 11.2 Å². The van der Waals surface area contributed by atoms with Gasteiger partial charge in [0.2, 0.25) is 5.95 Å². The van der Waals surface area contributed by atoms with Crippen molar-refractivity contribution in [1.82, 2.24) is 19.7 Å². The smallest absolute Gasteiger partial charge is 0.229 e. The lowest BCUT2D eigenvalue weighted by Gasteiger charge is -2.25. The van der Waals surface area contributed by atoms with Gasteiger partial charge in [-0.3, -0.25) is 4.68 Å². The van der Waals surface area contributed by atoms with E-state index in [9.17, 15) is 8.96 Å². The third kappa shape index (κ3) is 7.13. The molecule has 0 saturated heterocycles. The van der Waals surface area contributed by atoms with E-state index in [0.717, 1.165) is 23.2 Å². The lowest BCUT2D eigenvalue weighted by molar-refractivity contribution is 0.415. The zero-order valence-corrected chi connectivity index (χ0v) is 28.9. The van der Waals surface area contributed by atoms with Crippen LogP contribution in [0, 0.1) is 5.82 Å². The van der Waals surface area contributed by atoms with Gasteiger partial charge in [0, 0.05) is 35.4 Å². The average Bonchev–Trinajstić information content (AvgIpc) is 3.47. The van der Waals surface area contributed by atoms with Crippen molar-refractivity contribution >= 4 is 51.5 Å². The van der Waals surface area contributed by atoms with Crippen LogP contribution in [0.4, 0.5) is 27.5 Å². The Balaban J connectivity index is 1.53. The number of nitrogens with one attached hydrogen (secondary N) is 2. The molecule has 8 nitrogen and oxygen atoms in total. The number of benzene rings is 3. The molecule has 0 fully saturated rings. The van der Waals surface area contributed by atoms with Gasteiger partial charge in [-0.05, 0) is 88.6 Å². The fourth-order valence-corrected chi connectivity index (χ4v) is 6.54. The first kappa shape index (κ1) is 32.4. The number of aromatic nitrogens is 4. The van der Waals surface area contributed by atoms with Gasteiger partial charge in [0.1, 0.15) is 24.5 Å². The topological polar surface area (TPSA) is 94.0 Å². The molecule has 11 heteroatoms. The number of halogens is 2. The monoisotopic (exact) mass is 690 g/mol. The summed E-state index contributed by atoms with van der Waals surface area (Å²) in [6.45, 7) is 12.7. The Hall–Kier alpha value is -4.01. The van der Waals surface area contributed by atoms with Gasteiger partial charge in [-0.15, -0.1) is 0 Å². The van der Waals surface area contributed by atoms with E-state index >= 15 is 0 Å². The van der Waals surface area contributed by atoms with Gasteiger partial charge in [0.15, 0.2) is 0 Å². The molecule has 2 heterocycles. The van der Waals surface area contributed by atoms with E-state index in [2.05, 4.69) is 64.3 Å². The Labute approximate surface area is 272 Å². The van der Waals surface area contributed by atoms with E-state index in [1.54, 1.807) is 63.0 Å². The summed E-state index contributed by atoms with van der Waals surface area (Å²) in [6, 6.07) is 16.0. The van der Waals surface area contributed by atoms with Crippen molar-refractivity contribution in [2.24, 2.45) is 0 Å². The van der Waals surface area contributed by atoms with Gasteiger partial charge in [-0.1, -0.05) is 45.0 Å². The third-order valence-electron chi connectivity index (χ3n) is 7.42. The van der Waals surface area contributed by atoms with Crippen molar-refractivity contribution in [2.75, 3.05) is 31.1 Å². The first-order chi connectivity index (χ1) is 21.3. The molecule has 0 saturated carbocycles. The van der Waals surface area contributed by atoms with Crippen molar-refractivity contribution in [1.29, 1.82) is 0 Å². The molecule has 45 heavy (non-hydrogen) atoms. The van der Waals surface area contributed by atoms with Crippen LogP contribution in [0.2, 0.25) is 0 Å². The second-order valence-electron chi connectivity index (χ2n) is 12.1. The third-order valence-corrected chi connectivity index (χ3v) is 9.53. The summed E-state index contributed by atoms with van der Waals surface area (Å²) in [5.41, 5.74) is 5.39. The molecular weight excluding hydrogens is 654 g/mol. The number of hydrogen-bond acceptors (Lipinski definition) is 7. The molecule has 0 aliphatic heterocycles. The molecule has 0 unspecified atom stereocenters. The van der Waals surface area contributed by atoms with Crippen molar-refractivity contribution in [3.8, 4) is 28.0 Å². The van der Waals surface area contributed by atoms with E-state index in [0.29, 0.717) is 49.8 Å². The summed E-state index contributed by atoms with van der Waals surface area (Å²) in [7, 11) is -1.15. The minimum absolute atomic E-state index is 0.155. The molecule has 0 bridgehead atoms. The summed E-state index contributed by atoms with van der Waals surface area (Å²) in [5.74, 6) is 1.11. The number of aryl methyl sites for hydroxylation is 1. The molecule has 0 aliphatic carbocycles. The van der Waals surface area contributed by atoms with Crippen molar-refractivity contribution in [2.45, 2.75) is 39.7 Å². The second-order valence-corrected chi connectivity index (χ2v) is 16.2. The molecule has 3 aromatic carbocycles. The Morgan fingerprint density at radius 2 is 1.73 bits per heavy atom. The first-order valence-electron chi connectivity index (χ1n) is 14.5. The molecule has 2 aromatic heterocycles. The van der Waals surface area contributed by atoms with Crippen LogP contribution < -0.4 is 20.7 Å². The predicted octanol–water partition coefficient (Wildman–Crippen LogP) is 8.97. The fraction of sp³-hybridized carbons (Fsp3) is 0.265. The molecular formula is C34H37BrFN6O2P. The lowest BCUT2D eigenvalue weighted by Crippen LogP contribution is -2.14. The standard InChI is InChI=1S/C34H37BrFN6O2P/c1-8-42-20-22(18-38-42)24-16-29(30(44-5)17-25(24)34(2,3)4)40-33-37-19-26(35)32(41-33)39-28-14-13-21(15-31(28)45(6,7)43)23-11-9-10-12-27(23)36/h9-20H,8H2,1-7H3,(H2,37,39,40,41). The predicted molar refractivity (Wildman–Crippen MR) is 186 cm³/mol. The zero-order valence-electron chi connectivity index (χ0n) is 26.4. The average molecular weight is 692 g/mol. The Bertz CT molecular complexity index is 1910. The zero-order chi connectivity index (χ0) is 32.5. The summed E-state index contributed by atoms with van der Waals surface area (Å²) in [6.07, 6.45) is 5.55. The number of ether oxygens (including phenoxy) is 1. The van der Waals surface area contributed by atoms with Crippen LogP contribution in [-0.4, -0.2) is 40.2 Å². The van der Waals surface area contributed by atoms with Gasteiger partial charge in [-0.25, -0.2) is 9.37 Å². The van der Waals surface area contributed by atoms with Crippen LogP contribution >= 0.6 is 23.1 Å². The van der Waals surface area contributed by atoms with E-state index in [1.807, 2.05) is 29.2 Å². The second kappa shape index (κ2) is 12.8. The molecule has 2 N–H and O–H groups in total. The number of nitrogens with zero attached hydrogens (tertiary/aromatic N) is 4. The van der Waals surface area contributed by atoms with Crippen LogP contribution in [0.1, 0.15) is 33.3 Å². The van der Waals surface area contributed by atoms with Crippen molar-refractivity contribution in [3.63, 3.8) is 0 Å². The number of anilines is 4. The Kier molecular flexibility index (Phi) is 9.19. The minimum Gasteiger partial charge on any atom is -0.495 e. The summed E-state index contributed by atoms with van der Waals surface area (Å²) >= 11 is 3.55. The van der Waals surface area contributed by atoms with Gasteiger partial charge < -0.3 is 19.9 Å². The molecule has 5 aromatic rings. The molecule has 0 atom stereocenters. The normalized spacial score (nSPS) is 11.8. The van der Waals surface area contributed by atoms with E-state index in [4.69, 9.17) is 9.72 Å². The minimum atomic E-state index is -2.78. The number of hydrogen-bond donors (Lipinski definition) is 2. The van der Waals surface area contributed by atoms with Gasteiger partial charge in [-0.2, -0.15) is 10.1 Å².